The summed E-state index contributed by atoms with van der Waals surface area (Å²) < 4.78 is 15.7. The van der Waals surface area contributed by atoms with Crippen molar-refractivity contribution >= 4 is 17.5 Å². The van der Waals surface area contributed by atoms with Crippen LogP contribution in [0.3, 0.4) is 0 Å². The first-order valence-electron chi connectivity index (χ1n) is 11.7. The summed E-state index contributed by atoms with van der Waals surface area (Å²) in [5.41, 5.74) is 1.19. The van der Waals surface area contributed by atoms with Crippen LogP contribution in [0.5, 0.6) is 0 Å². The number of aryl methyl sites for hydroxylation is 1. The summed E-state index contributed by atoms with van der Waals surface area (Å²) in [6.45, 7) is 4.84. The normalized spacial score (nSPS) is 20.4. The average molecular weight is 463 g/mol. The second-order valence-corrected chi connectivity index (χ2v) is 8.88. The van der Waals surface area contributed by atoms with Crippen LogP contribution in [-0.4, -0.2) is 60.8 Å². The molecule has 2 saturated heterocycles. The molecule has 2 aliphatic rings. The maximum Gasteiger partial charge on any atom is 0.229 e. The molecule has 2 N–H and O–H groups in total. The monoisotopic (exact) mass is 462 g/mol. The van der Waals surface area contributed by atoms with Crippen molar-refractivity contribution in [2.45, 2.75) is 45.1 Å². The molecule has 2 aromatic heterocycles. The predicted molar refractivity (Wildman–Crippen MR) is 124 cm³/mol. The number of nitrogens with zero attached hydrogens (tertiary/aromatic N) is 8. The lowest BCUT2D eigenvalue weighted by molar-refractivity contribution is 0.0649. The zero-order chi connectivity index (χ0) is 23.5. The van der Waals surface area contributed by atoms with Gasteiger partial charge >= 0.3 is 0 Å². The number of benzene rings is 1. The number of halogens is 1. The highest BCUT2D eigenvalue weighted by atomic mass is 19.1. The molecule has 0 bridgehead atoms. The summed E-state index contributed by atoms with van der Waals surface area (Å²) in [4.78, 5) is 11.4. The Bertz CT molecular complexity index is 1200. The van der Waals surface area contributed by atoms with Gasteiger partial charge in [-0.3, -0.25) is 0 Å². The van der Waals surface area contributed by atoms with Crippen LogP contribution in [0, 0.1) is 30.0 Å². The quantitative estimate of drug-likeness (QED) is 0.569. The number of anilines is 3. The van der Waals surface area contributed by atoms with Crippen molar-refractivity contribution in [3.8, 4) is 11.8 Å². The summed E-state index contributed by atoms with van der Waals surface area (Å²) in [6.07, 6.45) is 7.70. The third-order valence-corrected chi connectivity index (χ3v) is 6.73. The number of fused-ring (bicyclic) bond motifs is 1. The van der Waals surface area contributed by atoms with Gasteiger partial charge in [0, 0.05) is 18.3 Å². The molecule has 0 amide bonds. The molecule has 0 aliphatic carbocycles. The number of aromatic nitrogens is 6. The van der Waals surface area contributed by atoms with Gasteiger partial charge in [-0.15, -0.1) is 5.10 Å². The maximum atomic E-state index is 14.4. The minimum Gasteiger partial charge on any atom is -0.368 e. The number of hydrogen-bond donors (Lipinski definition) is 2. The SMILES string of the molecule is Cc1nnnn1-c1cc(Nc2ncc(C#N)c(NC[C@@H]3CCCN4CCCC[C@H]34)n2)ccc1F. The maximum absolute atomic E-state index is 14.4. The molecular formula is C23H27FN10. The van der Waals surface area contributed by atoms with Crippen LogP contribution >= 0.6 is 0 Å². The van der Waals surface area contributed by atoms with E-state index in [-0.39, 0.29) is 5.69 Å². The Hall–Kier alpha value is -3.65. The lowest BCUT2D eigenvalue weighted by atomic mass is 9.83. The summed E-state index contributed by atoms with van der Waals surface area (Å²) in [6, 6.07) is 7.29. The standard InChI is InChI=1S/C23H27FN10/c1-15-30-31-32-34(15)21-11-18(7-8-19(21)24)28-23-27-14-17(12-25)22(29-23)26-13-16-5-4-10-33-9-3-2-6-20(16)33/h7-8,11,14,16,20H,2-6,9-10,13H2,1H3,(H2,26,27,28,29)/t16-,20+/m0/s1. The molecule has 3 aromatic rings. The first-order valence-corrected chi connectivity index (χ1v) is 11.7. The minimum atomic E-state index is -0.451. The summed E-state index contributed by atoms with van der Waals surface area (Å²) >= 11 is 0. The molecule has 0 unspecified atom stereocenters. The fraction of sp³-hybridized carbons (Fsp3) is 0.478. The van der Waals surface area contributed by atoms with Crippen LogP contribution < -0.4 is 10.6 Å². The molecule has 2 fully saturated rings. The molecule has 5 rings (SSSR count). The Balaban J connectivity index is 1.33. The number of nitriles is 1. The second kappa shape index (κ2) is 9.69. The van der Waals surface area contributed by atoms with E-state index in [0.29, 0.717) is 40.8 Å². The van der Waals surface area contributed by atoms with E-state index in [0.717, 1.165) is 6.54 Å². The van der Waals surface area contributed by atoms with Crippen LogP contribution in [0.15, 0.2) is 24.4 Å². The molecule has 0 spiro atoms. The van der Waals surface area contributed by atoms with Crippen LogP contribution in [0.4, 0.5) is 21.8 Å². The van der Waals surface area contributed by atoms with Crippen LogP contribution in [0.25, 0.3) is 5.69 Å². The molecule has 11 heteroatoms. The summed E-state index contributed by atoms with van der Waals surface area (Å²) in [7, 11) is 0. The third-order valence-electron chi connectivity index (χ3n) is 6.73. The average Bonchev–Trinajstić information content (AvgIpc) is 3.29. The first-order chi connectivity index (χ1) is 16.6. The van der Waals surface area contributed by atoms with Gasteiger partial charge in [0.1, 0.15) is 29.0 Å². The van der Waals surface area contributed by atoms with Crippen LogP contribution in [-0.2, 0) is 0 Å². The van der Waals surface area contributed by atoms with Crippen molar-refractivity contribution in [2.75, 3.05) is 30.3 Å². The van der Waals surface area contributed by atoms with Gasteiger partial charge in [-0.05, 0) is 80.2 Å². The molecule has 0 radical (unpaired) electrons. The van der Waals surface area contributed by atoms with Crippen molar-refractivity contribution in [3.63, 3.8) is 0 Å². The highest BCUT2D eigenvalue weighted by Gasteiger charge is 2.32. The number of tetrazole rings is 1. The molecular weight excluding hydrogens is 435 g/mol. The molecule has 0 saturated carbocycles. The molecule has 2 aliphatic heterocycles. The summed E-state index contributed by atoms with van der Waals surface area (Å²) in [5.74, 6) is 1.37. The van der Waals surface area contributed by atoms with Gasteiger partial charge in [0.25, 0.3) is 0 Å². The molecule has 2 atom stereocenters. The van der Waals surface area contributed by atoms with Crippen molar-refractivity contribution < 1.29 is 4.39 Å². The molecule has 176 valence electrons. The van der Waals surface area contributed by atoms with E-state index in [1.54, 1.807) is 19.1 Å². The van der Waals surface area contributed by atoms with E-state index in [9.17, 15) is 9.65 Å². The van der Waals surface area contributed by atoms with Crippen molar-refractivity contribution in [3.05, 3.63) is 41.6 Å². The largest absolute Gasteiger partial charge is 0.368 e. The van der Waals surface area contributed by atoms with Gasteiger partial charge in [0.05, 0.1) is 6.20 Å². The van der Waals surface area contributed by atoms with Crippen molar-refractivity contribution in [1.29, 1.82) is 5.26 Å². The zero-order valence-corrected chi connectivity index (χ0v) is 19.1. The molecule has 34 heavy (non-hydrogen) atoms. The van der Waals surface area contributed by atoms with E-state index in [1.807, 2.05) is 0 Å². The van der Waals surface area contributed by atoms with E-state index < -0.39 is 5.82 Å². The van der Waals surface area contributed by atoms with Crippen molar-refractivity contribution in [2.24, 2.45) is 5.92 Å². The Morgan fingerprint density at radius 1 is 1.21 bits per heavy atom. The zero-order valence-electron chi connectivity index (χ0n) is 19.1. The Morgan fingerprint density at radius 2 is 2.09 bits per heavy atom. The fourth-order valence-corrected chi connectivity index (χ4v) is 5.04. The van der Waals surface area contributed by atoms with E-state index in [2.05, 4.69) is 47.1 Å². The molecule has 1 aromatic carbocycles. The van der Waals surface area contributed by atoms with Crippen LogP contribution in [0.1, 0.15) is 43.5 Å². The second-order valence-electron chi connectivity index (χ2n) is 8.88. The molecule has 10 nitrogen and oxygen atoms in total. The Labute approximate surface area is 197 Å². The van der Waals surface area contributed by atoms with Gasteiger partial charge in [0.15, 0.2) is 5.82 Å². The Kier molecular flexibility index (Phi) is 6.31. The Morgan fingerprint density at radius 3 is 2.91 bits per heavy atom. The number of hydrogen-bond acceptors (Lipinski definition) is 9. The highest BCUT2D eigenvalue weighted by Crippen LogP contribution is 2.31. The minimum absolute atomic E-state index is 0.217. The van der Waals surface area contributed by atoms with Gasteiger partial charge in [0.2, 0.25) is 5.95 Å². The first kappa shape index (κ1) is 22.2. The van der Waals surface area contributed by atoms with Gasteiger partial charge in [-0.2, -0.15) is 14.9 Å². The smallest absolute Gasteiger partial charge is 0.229 e. The number of rotatable bonds is 6. The summed E-state index contributed by atoms with van der Waals surface area (Å²) in [5, 5.41) is 27.3. The number of nitrogens with one attached hydrogen (secondary N) is 2. The topological polar surface area (TPSA) is 120 Å². The predicted octanol–water partition coefficient (Wildman–Crippen LogP) is 3.19. The third kappa shape index (κ3) is 4.54. The van der Waals surface area contributed by atoms with Gasteiger partial charge in [-0.25, -0.2) is 9.37 Å². The number of piperidine rings is 2. The van der Waals surface area contributed by atoms with Gasteiger partial charge < -0.3 is 15.5 Å². The fourth-order valence-electron chi connectivity index (χ4n) is 5.04. The van der Waals surface area contributed by atoms with E-state index >= 15 is 0 Å². The lowest BCUT2D eigenvalue weighted by Crippen LogP contribution is -2.49. The molecule has 4 heterocycles. The lowest BCUT2D eigenvalue weighted by Gasteiger charge is -2.44. The highest BCUT2D eigenvalue weighted by molar-refractivity contribution is 5.61. The van der Waals surface area contributed by atoms with Crippen molar-refractivity contribution in [1.82, 2.24) is 35.1 Å². The van der Waals surface area contributed by atoms with E-state index in [1.165, 1.54) is 62.1 Å². The van der Waals surface area contributed by atoms with Crippen LogP contribution in [0.2, 0.25) is 0 Å². The van der Waals surface area contributed by atoms with Gasteiger partial charge in [-0.1, -0.05) is 6.42 Å². The van der Waals surface area contributed by atoms with E-state index in [4.69, 9.17) is 0 Å².